The molecule has 2 saturated heterocycles. The second kappa shape index (κ2) is 12.0. The number of furan rings is 1. The Morgan fingerprint density at radius 1 is 1.13 bits per heavy atom. The fourth-order valence-electron chi connectivity index (χ4n) is 5.01. The number of nitrogens with one attached hydrogen (secondary N) is 1. The van der Waals surface area contributed by atoms with Crippen molar-refractivity contribution in [3.8, 4) is 5.75 Å². The van der Waals surface area contributed by atoms with E-state index in [1.54, 1.807) is 18.2 Å². The Balaban J connectivity index is 1.34. The van der Waals surface area contributed by atoms with E-state index in [0.717, 1.165) is 44.8 Å². The van der Waals surface area contributed by atoms with Crippen LogP contribution >= 0.6 is 23.2 Å². The number of carbonyl (C=O) groups excluding carboxylic acids is 1. The highest BCUT2D eigenvalue weighted by Crippen LogP contribution is 2.35. The van der Waals surface area contributed by atoms with Gasteiger partial charge in [-0.05, 0) is 67.9 Å². The molecule has 5 rings (SSSR count). The van der Waals surface area contributed by atoms with Gasteiger partial charge in [-0.2, -0.15) is 8.78 Å². The van der Waals surface area contributed by atoms with Crippen LogP contribution in [0.5, 0.6) is 5.75 Å². The molecular weight excluding hydrogens is 553 g/mol. The maximum absolute atomic E-state index is 15.3. The van der Waals surface area contributed by atoms with Crippen LogP contribution in [0, 0.1) is 0 Å². The number of nitrogens with zero attached hydrogens (tertiary/aromatic N) is 1. The third kappa shape index (κ3) is 6.49. The van der Waals surface area contributed by atoms with E-state index >= 15 is 8.78 Å². The predicted molar refractivity (Wildman–Crippen MR) is 144 cm³/mol. The summed E-state index contributed by atoms with van der Waals surface area (Å²) < 4.78 is 47.2. The minimum Gasteiger partial charge on any atom is -0.489 e. The number of ether oxygens (including phenoxy) is 2. The number of likely N-dealkylation sites (tertiary alicyclic amines) is 1. The van der Waals surface area contributed by atoms with E-state index in [4.69, 9.17) is 37.1 Å². The number of rotatable bonds is 9. The van der Waals surface area contributed by atoms with E-state index in [2.05, 4.69) is 5.32 Å². The number of benzene rings is 2. The number of amides is 1. The molecule has 2 N–H and O–H groups in total. The third-order valence-corrected chi connectivity index (χ3v) is 7.71. The molecule has 2 aromatic carbocycles. The van der Waals surface area contributed by atoms with Gasteiger partial charge >= 0.3 is 5.92 Å². The monoisotopic (exact) mass is 582 g/mol. The molecule has 2 fully saturated rings. The number of aliphatic hydroxyl groups is 1. The van der Waals surface area contributed by atoms with Gasteiger partial charge in [-0.1, -0.05) is 29.3 Å². The van der Waals surface area contributed by atoms with E-state index in [0.29, 0.717) is 34.9 Å². The minimum absolute atomic E-state index is 0.0225. The summed E-state index contributed by atoms with van der Waals surface area (Å²) in [6, 6.07) is 9.37. The number of alkyl halides is 2. The first-order valence-electron chi connectivity index (χ1n) is 13.0. The van der Waals surface area contributed by atoms with Gasteiger partial charge in [0, 0.05) is 29.8 Å². The molecular formula is C28H30Cl2F2N2O5. The molecule has 0 saturated carbocycles. The molecule has 1 amide bonds. The topological polar surface area (TPSA) is 84.2 Å². The summed E-state index contributed by atoms with van der Waals surface area (Å²) in [5, 5.41) is 14.7. The number of hydrogen-bond acceptors (Lipinski definition) is 6. The van der Waals surface area contributed by atoms with Crippen LogP contribution in [0.3, 0.4) is 0 Å². The average molecular weight is 583 g/mol. The standard InChI is InChI=1S/C28H30Cl2F2N2O5/c29-19-4-6-23-18(13-19)15-25(39-23)28(31,32)27(36)33-22(16-34-9-1-2-10-34)26(35)17-3-5-24(21(30)14-17)38-20-7-11-37-12-8-20/h3-6,13-15,20,22,26,35H,1-2,7-12,16H2,(H,33,36). The first kappa shape index (κ1) is 28.1. The first-order chi connectivity index (χ1) is 18.7. The van der Waals surface area contributed by atoms with Crippen molar-refractivity contribution in [3.05, 3.63) is 63.8 Å². The van der Waals surface area contributed by atoms with Gasteiger partial charge in [0.1, 0.15) is 23.5 Å². The minimum atomic E-state index is -3.98. The highest BCUT2D eigenvalue weighted by atomic mass is 35.5. The molecule has 210 valence electrons. The Morgan fingerprint density at radius 2 is 1.87 bits per heavy atom. The van der Waals surface area contributed by atoms with Crippen molar-refractivity contribution < 1.29 is 32.6 Å². The molecule has 11 heteroatoms. The number of fused-ring (bicyclic) bond motifs is 1. The van der Waals surface area contributed by atoms with E-state index in [1.165, 1.54) is 18.2 Å². The Morgan fingerprint density at radius 3 is 2.59 bits per heavy atom. The van der Waals surface area contributed by atoms with Crippen molar-refractivity contribution in [3.63, 3.8) is 0 Å². The lowest BCUT2D eigenvalue weighted by molar-refractivity contribution is -0.151. The molecule has 1 aromatic heterocycles. The number of hydrogen-bond donors (Lipinski definition) is 2. The van der Waals surface area contributed by atoms with Crippen molar-refractivity contribution in [2.24, 2.45) is 0 Å². The zero-order chi connectivity index (χ0) is 27.6. The van der Waals surface area contributed by atoms with E-state index in [-0.39, 0.29) is 23.3 Å². The zero-order valence-corrected chi connectivity index (χ0v) is 22.7. The molecule has 3 heterocycles. The molecule has 39 heavy (non-hydrogen) atoms. The van der Waals surface area contributed by atoms with E-state index in [9.17, 15) is 9.90 Å². The van der Waals surface area contributed by atoms with Crippen LogP contribution in [0.4, 0.5) is 8.78 Å². The van der Waals surface area contributed by atoms with Crippen LogP contribution in [0.25, 0.3) is 11.0 Å². The summed E-state index contributed by atoms with van der Waals surface area (Å²) in [6.45, 7) is 2.92. The van der Waals surface area contributed by atoms with Gasteiger partial charge in [0.05, 0.1) is 24.3 Å². The molecule has 2 aliphatic heterocycles. The van der Waals surface area contributed by atoms with Crippen molar-refractivity contribution >= 4 is 40.1 Å². The number of carbonyl (C=O) groups is 1. The van der Waals surface area contributed by atoms with Crippen LogP contribution in [0.2, 0.25) is 10.0 Å². The third-order valence-electron chi connectivity index (χ3n) is 7.18. The van der Waals surface area contributed by atoms with Crippen LogP contribution in [0.1, 0.15) is 43.1 Å². The molecule has 2 atom stereocenters. The van der Waals surface area contributed by atoms with Crippen molar-refractivity contribution in [1.29, 1.82) is 0 Å². The van der Waals surface area contributed by atoms with Crippen LogP contribution in [-0.4, -0.2) is 60.9 Å². The molecule has 2 unspecified atom stereocenters. The maximum atomic E-state index is 15.3. The number of aliphatic hydroxyl groups excluding tert-OH is 1. The molecule has 0 bridgehead atoms. The highest BCUT2D eigenvalue weighted by Gasteiger charge is 2.46. The average Bonchev–Trinajstić information content (AvgIpc) is 3.59. The lowest BCUT2D eigenvalue weighted by Crippen LogP contribution is -2.50. The SMILES string of the molecule is O=C(NC(CN1CCCC1)C(O)c1ccc(OC2CCOCC2)c(Cl)c1)C(F)(F)c1cc2cc(Cl)ccc2o1. The van der Waals surface area contributed by atoms with Crippen molar-refractivity contribution in [1.82, 2.24) is 10.2 Å². The molecule has 7 nitrogen and oxygen atoms in total. The molecule has 0 spiro atoms. The number of halogens is 4. The Bertz CT molecular complexity index is 1310. The summed E-state index contributed by atoms with van der Waals surface area (Å²) in [7, 11) is 0. The van der Waals surface area contributed by atoms with Crippen molar-refractivity contribution in [2.45, 2.75) is 49.9 Å². The molecule has 0 aliphatic carbocycles. The molecule has 0 radical (unpaired) electrons. The lowest BCUT2D eigenvalue weighted by Gasteiger charge is -2.30. The second-order valence-corrected chi connectivity index (χ2v) is 10.9. The normalized spacial score (nSPS) is 18.8. The van der Waals surface area contributed by atoms with Gasteiger partial charge in [0.25, 0.3) is 5.91 Å². The van der Waals surface area contributed by atoms with Crippen molar-refractivity contribution in [2.75, 3.05) is 32.8 Å². The zero-order valence-electron chi connectivity index (χ0n) is 21.2. The largest absolute Gasteiger partial charge is 0.489 e. The second-order valence-electron chi connectivity index (χ2n) is 10.0. The Hall–Kier alpha value is -2.43. The fraction of sp³-hybridized carbons (Fsp3) is 0.464. The summed E-state index contributed by atoms with van der Waals surface area (Å²) in [6.07, 6.45) is 2.09. The van der Waals surface area contributed by atoms with Gasteiger partial charge in [0.2, 0.25) is 0 Å². The lowest BCUT2D eigenvalue weighted by atomic mass is 10.0. The van der Waals surface area contributed by atoms with Gasteiger partial charge < -0.3 is 29.2 Å². The highest BCUT2D eigenvalue weighted by molar-refractivity contribution is 6.32. The Labute approximate surface area is 234 Å². The molecule has 2 aliphatic rings. The van der Waals surface area contributed by atoms with E-state index < -0.39 is 29.7 Å². The summed E-state index contributed by atoms with van der Waals surface area (Å²) in [5.74, 6) is -5.88. The van der Waals surface area contributed by atoms with Gasteiger partial charge in [0.15, 0.2) is 5.76 Å². The smallest absolute Gasteiger partial charge is 0.380 e. The van der Waals surface area contributed by atoms with Gasteiger partial charge in [-0.3, -0.25) is 4.79 Å². The van der Waals surface area contributed by atoms with Gasteiger partial charge in [-0.25, -0.2) is 0 Å². The van der Waals surface area contributed by atoms with Crippen LogP contribution in [0.15, 0.2) is 46.9 Å². The molecule has 3 aromatic rings. The summed E-state index contributed by atoms with van der Waals surface area (Å²) in [4.78, 5) is 15.0. The van der Waals surface area contributed by atoms with Crippen LogP contribution < -0.4 is 10.1 Å². The first-order valence-corrected chi connectivity index (χ1v) is 13.8. The summed E-state index contributed by atoms with van der Waals surface area (Å²) >= 11 is 12.4. The maximum Gasteiger partial charge on any atom is 0.380 e. The predicted octanol–water partition coefficient (Wildman–Crippen LogP) is 5.70. The summed E-state index contributed by atoms with van der Waals surface area (Å²) in [5.41, 5.74) is 0.568. The fourth-order valence-corrected chi connectivity index (χ4v) is 5.42. The van der Waals surface area contributed by atoms with Crippen LogP contribution in [-0.2, 0) is 15.5 Å². The van der Waals surface area contributed by atoms with Gasteiger partial charge in [-0.15, -0.1) is 0 Å². The van der Waals surface area contributed by atoms with E-state index in [1.807, 2.05) is 4.90 Å². The Kier molecular flexibility index (Phi) is 8.63. The quantitative estimate of drug-likeness (QED) is 0.336.